The van der Waals surface area contributed by atoms with Gasteiger partial charge in [0.1, 0.15) is 0 Å². The van der Waals surface area contributed by atoms with E-state index in [9.17, 15) is 0 Å². The summed E-state index contributed by atoms with van der Waals surface area (Å²) in [5.74, 6) is 1.59. The summed E-state index contributed by atoms with van der Waals surface area (Å²) in [6.45, 7) is 3.71. The second-order valence-electron chi connectivity index (χ2n) is 1.32. The minimum atomic E-state index is 0.598. The van der Waals surface area contributed by atoms with Crippen LogP contribution in [0, 0.1) is 0 Å². The van der Waals surface area contributed by atoms with Crippen LogP contribution in [0.5, 0.6) is 0 Å². The lowest BCUT2D eigenvalue weighted by Gasteiger charge is -1.92. The van der Waals surface area contributed by atoms with Crippen LogP contribution >= 0.6 is 23.4 Å². The van der Waals surface area contributed by atoms with Crippen molar-refractivity contribution in [2.45, 2.75) is 0 Å². The zero-order valence-corrected chi connectivity index (χ0v) is 5.98. The van der Waals surface area contributed by atoms with Gasteiger partial charge in [0.15, 0.2) is 0 Å². The van der Waals surface area contributed by atoms with Crippen LogP contribution in [0.3, 0.4) is 0 Å². The molecule has 0 aromatic heterocycles. The SMILES string of the molecule is C=C(CCl)CSC. The van der Waals surface area contributed by atoms with Gasteiger partial charge in [-0.3, -0.25) is 0 Å². The Hall–Kier alpha value is 0.380. The Bertz CT molecular complexity index is 61.1. The third-order valence-corrected chi connectivity index (χ3v) is 1.61. The minimum absolute atomic E-state index is 0.598. The highest BCUT2D eigenvalue weighted by molar-refractivity contribution is 7.98. The fourth-order valence-corrected chi connectivity index (χ4v) is 0.960. The largest absolute Gasteiger partial charge is 0.161 e. The quantitative estimate of drug-likeness (QED) is 0.423. The molecule has 0 aromatic carbocycles. The van der Waals surface area contributed by atoms with E-state index < -0.39 is 0 Å². The molecular formula is C5H9ClS. The van der Waals surface area contributed by atoms with Crippen LogP contribution in [0.1, 0.15) is 0 Å². The summed E-state index contributed by atoms with van der Waals surface area (Å²) in [5, 5.41) is 0. The Morgan fingerprint density at radius 1 is 1.86 bits per heavy atom. The van der Waals surface area contributed by atoms with E-state index in [1.807, 2.05) is 6.26 Å². The highest BCUT2D eigenvalue weighted by atomic mass is 35.5. The lowest BCUT2D eigenvalue weighted by Crippen LogP contribution is -1.83. The maximum Gasteiger partial charge on any atom is 0.0439 e. The Balaban J connectivity index is 3.00. The molecule has 0 saturated carbocycles. The predicted molar refractivity (Wildman–Crippen MR) is 38.2 cm³/mol. The molecule has 0 atom stereocenters. The number of thioether (sulfide) groups is 1. The highest BCUT2D eigenvalue weighted by Crippen LogP contribution is 2.01. The second kappa shape index (κ2) is 4.54. The summed E-state index contributed by atoms with van der Waals surface area (Å²) < 4.78 is 0. The van der Waals surface area contributed by atoms with Crippen molar-refractivity contribution >= 4 is 23.4 Å². The van der Waals surface area contributed by atoms with Gasteiger partial charge in [0.2, 0.25) is 0 Å². The zero-order valence-electron chi connectivity index (χ0n) is 4.41. The smallest absolute Gasteiger partial charge is 0.0439 e. The molecule has 0 aromatic rings. The van der Waals surface area contributed by atoms with Crippen molar-refractivity contribution in [3.05, 3.63) is 12.2 Å². The summed E-state index contributed by atoms with van der Waals surface area (Å²) >= 11 is 7.17. The van der Waals surface area contributed by atoms with E-state index >= 15 is 0 Å². The van der Waals surface area contributed by atoms with Crippen molar-refractivity contribution in [1.82, 2.24) is 0 Å². The minimum Gasteiger partial charge on any atom is -0.161 e. The summed E-state index contributed by atoms with van der Waals surface area (Å²) in [6.07, 6.45) is 2.04. The average Bonchev–Trinajstić information content (AvgIpc) is 1.68. The zero-order chi connectivity index (χ0) is 5.70. The first-order chi connectivity index (χ1) is 3.31. The fourth-order valence-electron chi connectivity index (χ4n) is 0.243. The molecule has 0 rings (SSSR count). The third-order valence-electron chi connectivity index (χ3n) is 0.537. The number of rotatable bonds is 3. The maximum absolute atomic E-state index is 5.42. The van der Waals surface area contributed by atoms with Crippen LogP contribution in [0.15, 0.2) is 12.2 Å². The van der Waals surface area contributed by atoms with E-state index in [2.05, 4.69) is 6.58 Å². The molecule has 2 heteroatoms. The first-order valence-corrected chi connectivity index (χ1v) is 3.95. The Morgan fingerprint density at radius 3 is 2.57 bits per heavy atom. The van der Waals surface area contributed by atoms with Crippen LogP contribution in [-0.2, 0) is 0 Å². The number of halogens is 1. The molecule has 0 unspecified atom stereocenters. The van der Waals surface area contributed by atoms with Crippen molar-refractivity contribution in [3.63, 3.8) is 0 Å². The molecule has 0 heterocycles. The summed E-state index contributed by atoms with van der Waals surface area (Å²) in [5.41, 5.74) is 1.11. The summed E-state index contributed by atoms with van der Waals surface area (Å²) in [6, 6.07) is 0. The first kappa shape index (κ1) is 7.38. The molecule has 0 amide bonds. The van der Waals surface area contributed by atoms with Gasteiger partial charge in [-0.25, -0.2) is 0 Å². The second-order valence-corrected chi connectivity index (χ2v) is 2.45. The molecule has 0 N–H and O–H groups in total. The molecule has 0 spiro atoms. The third kappa shape index (κ3) is 4.23. The lowest BCUT2D eigenvalue weighted by atomic mass is 10.4. The van der Waals surface area contributed by atoms with Gasteiger partial charge >= 0.3 is 0 Å². The molecule has 0 aliphatic rings. The average molecular weight is 137 g/mol. The lowest BCUT2D eigenvalue weighted by molar-refractivity contribution is 1.45. The first-order valence-electron chi connectivity index (χ1n) is 2.02. The predicted octanol–water partition coefficient (Wildman–Crippen LogP) is 2.14. The van der Waals surface area contributed by atoms with Gasteiger partial charge in [0.25, 0.3) is 0 Å². The molecule has 0 aliphatic carbocycles. The van der Waals surface area contributed by atoms with Gasteiger partial charge in [0, 0.05) is 11.6 Å². The molecule has 0 nitrogen and oxygen atoms in total. The Kier molecular flexibility index (Phi) is 4.78. The van der Waals surface area contributed by atoms with E-state index in [0.717, 1.165) is 11.3 Å². The van der Waals surface area contributed by atoms with Crippen LogP contribution in [0.25, 0.3) is 0 Å². The molecule has 0 saturated heterocycles. The monoisotopic (exact) mass is 136 g/mol. The van der Waals surface area contributed by atoms with E-state index in [-0.39, 0.29) is 0 Å². The molecule has 42 valence electrons. The number of hydrogen-bond acceptors (Lipinski definition) is 1. The van der Waals surface area contributed by atoms with E-state index in [1.165, 1.54) is 0 Å². The number of alkyl halides is 1. The molecule has 0 aliphatic heterocycles. The van der Waals surface area contributed by atoms with Crippen LogP contribution < -0.4 is 0 Å². The summed E-state index contributed by atoms with van der Waals surface area (Å²) in [7, 11) is 0. The van der Waals surface area contributed by atoms with Crippen molar-refractivity contribution in [2.24, 2.45) is 0 Å². The van der Waals surface area contributed by atoms with E-state index in [4.69, 9.17) is 11.6 Å². The van der Waals surface area contributed by atoms with Crippen molar-refractivity contribution < 1.29 is 0 Å². The van der Waals surface area contributed by atoms with Gasteiger partial charge in [-0.2, -0.15) is 11.8 Å². The Morgan fingerprint density at radius 2 is 2.43 bits per heavy atom. The van der Waals surface area contributed by atoms with Crippen LogP contribution in [0.2, 0.25) is 0 Å². The standard InChI is InChI=1S/C5H9ClS/c1-5(3-6)4-7-2/h1,3-4H2,2H3. The van der Waals surface area contributed by atoms with Crippen LogP contribution in [0.4, 0.5) is 0 Å². The maximum atomic E-state index is 5.42. The van der Waals surface area contributed by atoms with Gasteiger partial charge in [-0.05, 0) is 6.26 Å². The van der Waals surface area contributed by atoms with E-state index in [1.54, 1.807) is 11.8 Å². The fraction of sp³-hybridized carbons (Fsp3) is 0.600. The molecule has 0 radical (unpaired) electrons. The van der Waals surface area contributed by atoms with Gasteiger partial charge in [-0.15, -0.1) is 11.6 Å². The summed E-state index contributed by atoms with van der Waals surface area (Å²) in [4.78, 5) is 0. The highest BCUT2D eigenvalue weighted by Gasteiger charge is 1.85. The van der Waals surface area contributed by atoms with Crippen molar-refractivity contribution in [3.8, 4) is 0 Å². The molecule has 0 bridgehead atoms. The van der Waals surface area contributed by atoms with Gasteiger partial charge < -0.3 is 0 Å². The molecule has 0 fully saturated rings. The van der Waals surface area contributed by atoms with Crippen molar-refractivity contribution in [1.29, 1.82) is 0 Å². The van der Waals surface area contributed by atoms with Gasteiger partial charge in [-0.1, -0.05) is 12.2 Å². The van der Waals surface area contributed by atoms with Crippen LogP contribution in [-0.4, -0.2) is 17.9 Å². The topological polar surface area (TPSA) is 0 Å². The van der Waals surface area contributed by atoms with Crippen molar-refractivity contribution in [2.75, 3.05) is 17.9 Å². The normalized spacial score (nSPS) is 8.86. The van der Waals surface area contributed by atoms with E-state index in [0.29, 0.717) is 5.88 Å². The Labute approximate surface area is 53.9 Å². The molecular weight excluding hydrogens is 128 g/mol. The number of hydrogen-bond donors (Lipinski definition) is 0. The molecule has 7 heavy (non-hydrogen) atoms. The van der Waals surface area contributed by atoms with Gasteiger partial charge in [0.05, 0.1) is 0 Å².